The molecule has 5 N–H and O–H groups in total. The van der Waals surface area contributed by atoms with Crippen LogP contribution in [0.5, 0.6) is 0 Å². The molecule has 23 heavy (non-hydrogen) atoms. The van der Waals surface area contributed by atoms with Gasteiger partial charge in [0.25, 0.3) is 0 Å². The lowest BCUT2D eigenvalue weighted by Crippen LogP contribution is -2.05. The molecule has 122 valence electrons. The average Bonchev–Trinajstić information content (AvgIpc) is 2.48. The number of carboxylic acids is 1. The van der Waals surface area contributed by atoms with Gasteiger partial charge in [0.15, 0.2) is 0 Å². The van der Waals surface area contributed by atoms with E-state index in [0.717, 1.165) is 11.8 Å². The molecule has 0 saturated heterocycles. The number of amides is 1. The topological polar surface area (TPSA) is 118 Å². The van der Waals surface area contributed by atoms with Gasteiger partial charge < -0.3 is 16.6 Å². The molecule has 0 aromatic heterocycles. The second-order valence-corrected chi connectivity index (χ2v) is 4.48. The zero-order valence-corrected chi connectivity index (χ0v) is 12.9. The molecule has 0 atom stereocenters. The summed E-state index contributed by atoms with van der Waals surface area (Å²) < 4.78 is 0. The summed E-state index contributed by atoms with van der Waals surface area (Å²) in [5.74, 6) is -0.903. The van der Waals surface area contributed by atoms with Gasteiger partial charge in [-0.25, -0.2) is 0 Å². The summed E-state index contributed by atoms with van der Waals surface area (Å²) in [5.41, 5.74) is 2.15. The summed E-state index contributed by atoms with van der Waals surface area (Å²) in [6.07, 6.45) is 0.873. The van der Waals surface area contributed by atoms with Gasteiger partial charge in [-0.15, -0.1) is 0 Å². The van der Waals surface area contributed by atoms with Gasteiger partial charge in [0.2, 0.25) is 5.91 Å². The molecular formula is C17H20N2O4. The molecule has 0 bridgehead atoms. The maximum Gasteiger partial charge on any atom is 0.307 e. The fourth-order valence-corrected chi connectivity index (χ4v) is 1.62. The van der Waals surface area contributed by atoms with E-state index < -0.39 is 5.97 Å². The molecule has 1 amide bonds. The molecule has 0 radical (unpaired) electrons. The van der Waals surface area contributed by atoms with Crippen molar-refractivity contribution in [3.63, 3.8) is 0 Å². The number of hydrogen-bond donors (Lipinski definition) is 3. The Hall–Kier alpha value is -2.99. The molecule has 0 spiro atoms. The van der Waals surface area contributed by atoms with E-state index >= 15 is 0 Å². The van der Waals surface area contributed by atoms with Crippen LogP contribution < -0.4 is 11.5 Å². The number of rotatable bonds is 4. The van der Waals surface area contributed by atoms with Crippen LogP contribution in [0.3, 0.4) is 0 Å². The van der Waals surface area contributed by atoms with Gasteiger partial charge in [0.05, 0.1) is 6.42 Å². The van der Waals surface area contributed by atoms with Gasteiger partial charge in [0, 0.05) is 18.2 Å². The highest BCUT2D eigenvalue weighted by atomic mass is 16.4. The summed E-state index contributed by atoms with van der Waals surface area (Å²) in [4.78, 5) is 31.0. The van der Waals surface area contributed by atoms with Crippen molar-refractivity contribution in [1.82, 2.24) is 6.15 Å². The molecule has 0 saturated carbocycles. The number of carbonyl (C=O) groups excluding carboxylic acids is 2. The van der Waals surface area contributed by atoms with Gasteiger partial charge in [-0.05, 0) is 29.8 Å². The summed E-state index contributed by atoms with van der Waals surface area (Å²) >= 11 is 0. The molecule has 6 nitrogen and oxygen atoms in total. The number of benzene rings is 2. The van der Waals surface area contributed by atoms with Crippen LogP contribution in [0.25, 0.3) is 0 Å². The first-order chi connectivity index (χ1) is 10.5. The van der Waals surface area contributed by atoms with E-state index in [0.29, 0.717) is 11.3 Å². The first-order valence-corrected chi connectivity index (χ1v) is 6.60. The first-order valence-electron chi connectivity index (χ1n) is 6.60. The highest BCUT2D eigenvalue weighted by Gasteiger charge is 1.96. The highest BCUT2D eigenvalue weighted by Crippen LogP contribution is 2.07. The van der Waals surface area contributed by atoms with E-state index in [-0.39, 0.29) is 18.5 Å². The van der Waals surface area contributed by atoms with Gasteiger partial charge in [-0.1, -0.05) is 30.3 Å². The van der Waals surface area contributed by atoms with Crippen molar-refractivity contribution in [2.24, 2.45) is 0 Å². The normalized spacial score (nSPS) is 8.74. The number of nitrogens with one attached hydrogen (secondary N) is 1. The van der Waals surface area contributed by atoms with Crippen molar-refractivity contribution in [2.45, 2.75) is 13.3 Å². The smallest absolute Gasteiger partial charge is 0.307 e. The van der Waals surface area contributed by atoms with Crippen molar-refractivity contribution in [3.8, 4) is 0 Å². The van der Waals surface area contributed by atoms with E-state index in [9.17, 15) is 14.4 Å². The lowest BCUT2D eigenvalue weighted by Gasteiger charge is -2.00. The zero-order chi connectivity index (χ0) is 16.4. The van der Waals surface area contributed by atoms with Crippen molar-refractivity contribution in [2.75, 3.05) is 5.32 Å². The Labute approximate surface area is 134 Å². The molecule has 6 heteroatoms. The molecule has 0 fully saturated rings. The minimum absolute atomic E-state index is 0. The van der Waals surface area contributed by atoms with E-state index in [1.54, 1.807) is 36.4 Å². The number of carbonyl (C=O) groups is 3. The zero-order valence-electron chi connectivity index (χ0n) is 12.9. The van der Waals surface area contributed by atoms with Gasteiger partial charge >= 0.3 is 5.97 Å². The van der Waals surface area contributed by atoms with Crippen molar-refractivity contribution < 1.29 is 19.5 Å². The Kier molecular flexibility index (Phi) is 9.31. The summed E-state index contributed by atoms with van der Waals surface area (Å²) in [7, 11) is 0. The van der Waals surface area contributed by atoms with Crippen LogP contribution in [-0.2, 0) is 16.0 Å². The minimum atomic E-state index is -0.786. The van der Waals surface area contributed by atoms with E-state index in [1.807, 2.05) is 18.2 Å². The fraction of sp³-hybridized carbons (Fsp3) is 0.118. The van der Waals surface area contributed by atoms with Gasteiger partial charge in [-0.3, -0.25) is 14.4 Å². The number of aldehydes is 1. The van der Waals surface area contributed by atoms with E-state index in [2.05, 4.69) is 5.32 Å². The van der Waals surface area contributed by atoms with Crippen LogP contribution >= 0.6 is 0 Å². The quantitative estimate of drug-likeness (QED) is 0.749. The number of anilines is 1. The summed E-state index contributed by atoms with van der Waals surface area (Å²) in [5, 5.41) is 11.0. The maximum absolute atomic E-state index is 10.6. The minimum Gasteiger partial charge on any atom is -0.481 e. The summed E-state index contributed by atoms with van der Waals surface area (Å²) in [6, 6.07) is 15.8. The number of carboxylic acid groups (broad SMARTS) is 1. The predicted molar refractivity (Wildman–Crippen MR) is 88.9 cm³/mol. The molecule has 0 aliphatic heterocycles. The molecule has 0 heterocycles. The number of aliphatic carboxylic acids is 1. The Morgan fingerprint density at radius 1 is 1.04 bits per heavy atom. The van der Waals surface area contributed by atoms with Crippen LogP contribution in [0.1, 0.15) is 22.8 Å². The third-order valence-corrected chi connectivity index (χ3v) is 2.57. The Morgan fingerprint density at radius 3 is 2.04 bits per heavy atom. The van der Waals surface area contributed by atoms with Crippen LogP contribution in [0.15, 0.2) is 54.6 Å². The molecule has 2 rings (SSSR count). The van der Waals surface area contributed by atoms with Gasteiger partial charge in [0.1, 0.15) is 6.29 Å². The largest absolute Gasteiger partial charge is 0.481 e. The molecule has 0 aliphatic rings. The summed E-state index contributed by atoms with van der Waals surface area (Å²) in [6.45, 7) is 1.44. The lowest BCUT2D eigenvalue weighted by atomic mass is 10.2. The van der Waals surface area contributed by atoms with Crippen LogP contribution in [0, 0.1) is 0 Å². The van der Waals surface area contributed by atoms with E-state index in [4.69, 9.17) is 5.11 Å². The second kappa shape index (κ2) is 10.7. The van der Waals surface area contributed by atoms with Crippen LogP contribution in [0.4, 0.5) is 5.69 Å². The van der Waals surface area contributed by atoms with Crippen molar-refractivity contribution in [3.05, 3.63) is 65.7 Å². The first kappa shape index (κ1) is 20.0. The Balaban J connectivity index is 0.000000409. The number of hydrogen-bond acceptors (Lipinski definition) is 4. The van der Waals surface area contributed by atoms with Crippen LogP contribution in [-0.4, -0.2) is 23.3 Å². The highest BCUT2D eigenvalue weighted by molar-refractivity contribution is 5.89. The fourth-order valence-electron chi connectivity index (χ4n) is 1.62. The molecule has 2 aromatic rings. The molecule has 2 aromatic carbocycles. The third-order valence-electron chi connectivity index (χ3n) is 2.57. The molecule has 0 unspecified atom stereocenters. The van der Waals surface area contributed by atoms with E-state index in [1.165, 1.54) is 6.92 Å². The van der Waals surface area contributed by atoms with Crippen molar-refractivity contribution >= 4 is 23.9 Å². The SMILES string of the molecule is CC(=O)Nc1ccc(C=O)cc1.N.O=C(O)Cc1ccccc1. The molecule has 0 aliphatic carbocycles. The predicted octanol–water partition coefficient (Wildman–Crippen LogP) is 2.93. The standard InChI is InChI=1S/C9H9NO2.C8H8O2.H3N/c1-7(12)10-9-4-2-8(6-11)3-5-9;9-8(10)6-7-4-2-1-3-5-7;/h2-6H,1H3,(H,10,12);1-5H,6H2,(H,9,10);1H3. The second-order valence-electron chi connectivity index (χ2n) is 4.48. The Bertz CT molecular complexity index is 625. The average molecular weight is 316 g/mol. The van der Waals surface area contributed by atoms with Gasteiger partial charge in [-0.2, -0.15) is 0 Å². The van der Waals surface area contributed by atoms with Crippen LogP contribution in [0.2, 0.25) is 0 Å². The monoisotopic (exact) mass is 316 g/mol. The maximum atomic E-state index is 10.6. The third kappa shape index (κ3) is 8.79. The lowest BCUT2D eigenvalue weighted by molar-refractivity contribution is -0.136. The Morgan fingerprint density at radius 2 is 1.61 bits per heavy atom. The van der Waals surface area contributed by atoms with Crippen molar-refractivity contribution in [1.29, 1.82) is 0 Å². The molecular weight excluding hydrogens is 296 g/mol.